The number of aliphatic carboxylic acids is 1. The number of carbonyl (C=O) groups is 1. The highest BCUT2D eigenvalue weighted by Crippen LogP contribution is 2.28. The number of carboxylic acid groups (broad SMARTS) is 1. The van der Waals surface area contributed by atoms with Crippen LogP contribution in [0.5, 0.6) is 0 Å². The Balaban J connectivity index is 3.20. The summed E-state index contributed by atoms with van der Waals surface area (Å²) in [5.41, 5.74) is -0.0836. The topological polar surface area (TPSA) is 50.2 Å². The lowest BCUT2D eigenvalue weighted by Gasteiger charge is -2.09. The first-order valence-corrected chi connectivity index (χ1v) is 5.69. The molecule has 1 rings (SSSR count). The second-order valence-corrected chi connectivity index (χ2v) is 3.93. The highest BCUT2D eigenvalue weighted by atomic mass is 79.9. The van der Waals surface area contributed by atoms with E-state index in [2.05, 4.69) is 20.9 Å². The third kappa shape index (κ3) is 3.12. The van der Waals surface area contributed by atoms with Gasteiger partial charge in [0.05, 0.1) is 22.8 Å². The first-order valence-electron chi connectivity index (χ1n) is 4.19. The van der Waals surface area contributed by atoms with Gasteiger partial charge in [-0.3, -0.25) is 9.78 Å². The second-order valence-electron chi connectivity index (χ2n) is 2.96. The molecular weight excluding hydrogens is 307 g/mol. The van der Waals surface area contributed by atoms with Crippen LogP contribution >= 0.6 is 27.5 Å². The van der Waals surface area contributed by atoms with Gasteiger partial charge in [-0.25, -0.2) is 8.78 Å². The van der Waals surface area contributed by atoms with Crippen LogP contribution in [0.3, 0.4) is 0 Å². The molecule has 1 aromatic rings. The third-order valence-electron chi connectivity index (χ3n) is 1.84. The van der Waals surface area contributed by atoms with Crippen LogP contribution in [-0.2, 0) is 16.5 Å². The molecule has 1 N–H and O–H groups in total. The highest BCUT2D eigenvalue weighted by Gasteiger charge is 2.18. The van der Waals surface area contributed by atoms with Crippen LogP contribution in [-0.4, -0.2) is 16.1 Å². The van der Waals surface area contributed by atoms with Gasteiger partial charge in [0.15, 0.2) is 0 Å². The molecule has 1 aromatic heterocycles. The summed E-state index contributed by atoms with van der Waals surface area (Å²) in [6.45, 7) is 0. The molecule has 0 atom stereocenters. The molecule has 1 heterocycles. The van der Waals surface area contributed by atoms with E-state index < -0.39 is 12.4 Å². The Bertz CT molecular complexity index is 415. The Morgan fingerprint density at radius 1 is 1.56 bits per heavy atom. The van der Waals surface area contributed by atoms with Crippen molar-refractivity contribution < 1.29 is 18.7 Å². The summed E-state index contributed by atoms with van der Waals surface area (Å²) in [6.07, 6.45) is -3.07. The first kappa shape index (κ1) is 13.3. The van der Waals surface area contributed by atoms with E-state index in [1.165, 1.54) is 0 Å². The summed E-state index contributed by atoms with van der Waals surface area (Å²) in [4.78, 5) is 14.3. The fraction of sp³-hybridized carbons (Fsp3) is 0.333. The van der Waals surface area contributed by atoms with Gasteiger partial charge in [-0.05, 0) is 6.07 Å². The van der Waals surface area contributed by atoms with Crippen LogP contribution in [0.4, 0.5) is 8.78 Å². The van der Waals surface area contributed by atoms with Gasteiger partial charge in [-0.15, -0.1) is 0 Å². The summed E-state index contributed by atoms with van der Waals surface area (Å²) in [6, 6.07) is 1.06. The van der Waals surface area contributed by atoms with Crippen molar-refractivity contribution in [1.29, 1.82) is 0 Å². The maximum Gasteiger partial charge on any atom is 0.309 e. The number of carboxylic acids is 1. The Labute approximate surface area is 104 Å². The van der Waals surface area contributed by atoms with Crippen molar-refractivity contribution in [1.82, 2.24) is 4.98 Å². The minimum Gasteiger partial charge on any atom is -0.481 e. The largest absolute Gasteiger partial charge is 0.481 e. The molecule has 3 nitrogen and oxygen atoms in total. The van der Waals surface area contributed by atoms with Gasteiger partial charge in [0, 0.05) is 10.9 Å². The fourth-order valence-electron chi connectivity index (χ4n) is 1.15. The number of nitrogens with zero attached hydrogens (tertiary/aromatic N) is 1. The van der Waals surface area contributed by atoms with Crippen LogP contribution in [0.15, 0.2) is 6.07 Å². The van der Waals surface area contributed by atoms with Gasteiger partial charge in [0.2, 0.25) is 0 Å². The molecule has 0 bridgehead atoms. The van der Waals surface area contributed by atoms with E-state index in [1.807, 2.05) is 0 Å². The average molecular weight is 315 g/mol. The fourth-order valence-corrected chi connectivity index (χ4v) is 1.82. The summed E-state index contributed by atoms with van der Waals surface area (Å²) in [7, 11) is 0. The van der Waals surface area contributed by atoms with Crippen molar-refractivity contribution in [3.8, 4) is 0 Å². The van der Waals surface area contributed by atoms with Gasteiger partial charge in [-0.2, -0.15) is 0 Å². The Hall–Kier alpha value is -0.750. The van der Waals surface area contributed by atoms with E-state index in [9.17, 15) is 13.6 Å². The maximum atomic E-state index is 12.6. The van der Waals surface area contributed by atoms with Crippen molar-refractivity contribution in [3.63, 3.8) is 0 Å². The van der Waals surface area contributed by atoms with E-state index in [0.29, 0.717) is 0 Å². The molecule has 0 radical (unpaired) electrons. The van der Waals surface area contributed by atoms with Crippen molar-refractivity contribution in [2.75, 3.05) is 0 Å². The predicted octanol–water partition coefficient (Wildman–Crippen LogP) is 3.19. The van der Waals surface area contributed by atoms with Crippen LogP contribution in [0.25, 0.3) is 0 Å². The summed E-state index contributed by atoms with van der Waals surface area (Å²) in [5, 5.41) is 8.64. The van der Waals surface area contributed by atoms with Crippen molar-refractivity contribution >= 4 is 33.5 Å². The molecule has 0 fully saturated rings. The van der Waals surface area contributed by atoms with E-state index in [-0.39, 0.29) is 33.7 Å². The number of halogens is 4. The van der Waals surface area contributed by atoms with Crippen LogP contribution in [0.1, 0.15) is 23.4 Å². The molecule has 0 saturated heterocycles. The van der Waals surface area contributed by atoms with Crippen molar-refractivity contribution in [3.05, 3.63) is 28.0 Å². The van der Waals surface area contributed by atoms with Crippen molar-refractivity contribution in [2.45, 2.75) is 18.2 Å². The minimum absolute atomic E-state index is 0.0533. The smallest absolute Gasteiger partial charge is 0.309 e. The number of pyridine rings is 1. The molecule has 88 valence electrons. The lowest BCUT2D eigenvalue weighted by molar-refractivity contribution is -0.136. The molecule has 0 aromatic carbocycles. The zero-order valence-electron chi connectivity index (χ0n) is 7.88. The molecule has 0 aliphatic carbocycles. The lowest BCUT2D eigenvalue weighted by atomic mass is 10.1. The van der Waals surface area contributed by atoms with Gasteiger partial charge in [-0.1, -0.05) is 27.5 Å². The SMILES string of the molecule is O=C(O)Cc1nc(CBr)c(C(F)F)cc1Cl. The van der Waals surface area contributed by atoms with Gasteiger partial charge in [0.1, 0.15) is 0 Å². The normalized spacial score (nSPS) is 10.8. The highest BCUT2D eigenvalue weighted by molar-refractivity contribution is 9.08. The zero-order valence-corrected chi connectivity index (χ0v) is 10.2. The Morgan fingerprint density at radius 2 is 2.19 bits per heavy atom. The van der Waals surface area contributed by atoms with Crippen LogP contribution < -0.4 is 0 Å². The number of alkyl halides is 3. The molecule has 0 aliphatic rings. The van der Waals surface area contributed by atoms with Gasteiger partial charge < -0.3 is 5.11 Å². The summed E-state index contributed by atoms with van der Waals surface area (Å²) in [5.74, 6) is -1.11. The third-order valence-corrected chi connectivity index (χ3v) is 2.70. The number of hydrogen-bond donors (Lipinski definition) is 1. The first-order chi connectivity index (χ1) is 7.45. The zero-order chi connectivity index (χ0) is 12.3. The Kier molecular flexibility index (Phi) is 4.61. The van der Waals surface area contributed by atoms with E-state index in [1.54, 1.807) is 0 Å². The molecule has 0 saturated carbocycles. The standard InChI is InChI=1S/C9H7BrClF2NO2/c10-3-7-4(9(12)13)1-5(11)6(14-7)2-8(15)16/h1,9H,2-3H2,(H,15,16). The number of rotatable bonds is 4. The minimum atomic E-state index is -2.68. The monoisotopic (exact) mass is 313 g/mol. The second kappa shape index (κ2) is 5.54. The predicted molar refractivity (Wildman–Crippen MR) is 58.2 cm³/mol. The van der Waals surface area contributed by atoms with Gasteiger partial charge >= 0.3 is 5.97 Å². The molecule has 0 spiro atoms. The van der Waals surface area contributed by atoms with Crippen LogP contribution in [0.2, 0.25) is 5.02 Å². The molecule has 7 heteroatoms. The average Bonchev–Trinajstić information content (AvgIpc) is 2.19. The van der Waals surface area contributed by atoms with E-state index in [4.69, 9.17) is 16.7 Å². The van der Waals surface area contributed by atoms with E-state index >= 15 is 0 Å². The molecule has 0 amide bonds. The van der Waals surface area contributed by atoms with Gasteiger partial charge in [0.25, 0.3) is 6.43 Å². The summed E-state index contributed by atoms with van der Waals surface area (Å²) < 4.78 is 25.1. The summed E-state index contributed by atoms with van der Waals surface area (Å²) >= 11 is 8.69. The molecule has 0 aliphatic heterocycles. The van der Waals surface area contributed by atoms with E-state index in [0.717, 1.165) is 6.07 Å². The number of aromatic nitrogens is 1. The Morgan fingerprint density at radius 3 is 2.62 bits per heavy atom. The maximum absolute atomic E-state index is 12.6. The van der Waals surface area contributed by atoms with Crippen molar-refractivity contribution in [2.24, 2.45) is 0 Å². The molecule has 0 unspecified atom stereocenters. The lowest BCUT2D eigenvalue weighted by Crippen LogP contribution is -2.07. The number of hydrogen-bond acceptors (Lipinski definition) is 2. The molecule has 16 heavy (non-hydrogen) atoms. The van der Waals surface area contributed by atoms with Crippen LogP contribution in [0, 0.1) is 0 Å². The molecular formula is C9H7BrClF2NO2. The quantitative estimate of drug-likeness (QED) is 0.868.